The molecule has 0 aliphatic carbocycles. The fourth-order valence-electron chi connectivity index (χ4n) is 1.76. The Morgan fingerprint density at radius 2 is 2.05 bits per heavy atom. The van der Waals surface area contributed by atoms with Crippen molar-refractivity contribution in [1.29, 1.82) is 0 Å². The van der Waals surface area contributed by atoms with Crippen LogP contribution >= 0.6 is 0 Å². The SMILES string of the molecule is C=CC(=O)NCCC(=O)NC(C)C(O)c1ccc(F)c(F)c1. The van der Waals surface area contributed by atoms with Gasteiger partial charge in [0.15, 0.2) is 11.6 Å². The first-order valence-corrected chi connectivity index (χ1v) is 6.67. The molecule has 2 unspecified atom stereocenters. The number of carbonyl (C=O) groups excluding carboxylic acids is 2. The van der Waals surface area contributed by atoms with E-state index in [-0.39, 0.29) is 24.4 Å². The van der Waals surface area contributed by atoms with Crippen LogP contribution < -0.4 is 10.6 Å². The molecular formula is C15H18F2N2O3. The molecule has 0 saturated carbocycles. The zero-order chi connectivity index (χ0) is 16.7. The summed E-state index contributed by atoms with van der Waals surface area (Å²) < 4.78 is 26.0. The molecule has 0 fully saturated rings. The lowest BCUT2D eigenvalue weighted by atomic mass is 10.0. The van der Waals surface area contributed by atoms with Crippen LogP contribution in [0, 0.1) is 11.6 Å². The summed E-state index contributed by atoms with van der Waals surface area (Å²) in [6, 6.07) is 2.34. The van der Waals surface area contributed by atoms with E-state index in [9.17, 15) is 23.5 Å². The first kappa shape index (κ1) is 17.8. The molecule has 0 spiro atoms. The zero-order valence-electron chi connectivity index (χ0n) is 12.1. The number of rotatable bonds is 7. The Kier molecular flexibility index (Phi) is 6.65. The fourth-order valence-corrected chi connectivity index (χ4v) is 1.76. The molecule has 0 aliphatic heterocycles. The molecule has 120 valence electrons. The zero-order valence-corrected chi connectivity index (χ0v) is 12.1. The van der Waals surface area contributed by atoms with Gasteiger partial charge in [0.25, 0.3) is 0 Å². The number of aliphatic hydroxyl groups excluding tert-OH is 1. The second-order valence-corrected chi connectivity index (χ2v) is 4.72. The lowest BCUT2D eigenvalue weighted by molar-refractivity contribution is -0.122. The van der Waals surface area contributed by atoms with E-state index >= 15 is 0 Å². The van der Waals surface area contributed by atoms with Gasteiger partial charge >= 0.3 is 0 Å². The second-order valence-electron chi connectivity index (χ2n) is 4.72. The number of hydrogen-bond acceptors (Lipinski definition) is 3. The molecule has 3 N–H and O–H groups in total. The van der Waals surface area contributed by atoms with Gasteiger partial charge in [0.05, 0.1) is 12.1 Å². The number of amides is 2. The molecule has 7 heteroatoms. The van der Waals surface area contributed by atoms with E-state index in [0.717, 1.165) is 18.2 Å². The molecule has 2 amide bonds. The Balaban J connectivity index is 2.50. The van der Waals surface area contributed by atoms with Crippen LogP contribution in [0.15, 0.2) is 30.9 Å². The Morgan fingerprint density at radius 3 is 2.64 bits per heavy atom. The van der Waals surface area contributed by atoms with E-state index < -0.39 is 29.7 Å². The maximum absolute atomic E-state index is 13.1. The van der Waals surface area contributed by atoms with Crippen LogP contribution in [0.5, 0.6) is 0 Å². The normalized spacial score (nSPS) is 13.1. The molecule has 0 saturated heterocycles. The highest BCUT2D eigenvalue weighted by molar-refractivity contribution is 5.87. The summed E-state index contributed by atoms with van der Waals surface area (Å²) >= 11 is 0. The molecule has 0 radical (unpaired) electrons. The molecule has 0 aliphatic rings. The first-order valence-electron chi connectivity index (χ1n) is 6.67. The number of carbonyl (C=O) groups is 2. The van der Waals surface area contributed by atoms with E-state index in [4.69, 9.17) is 0 Å². The molecule has 1 aromatic carbocycles. The van der Waals surface area contributed by atoms with E-state index in [2.05, 4.69) is 17.2 Å². The van der Waals surface area contributed by atoms with Gasteiger partial charge in [-0.05, 0) is 30.7 Å². The smallest absolute Gasteiger partial charge is 0.243 e. The second kappa shape index (κ2) is 8.23. The van der Waals surface area contributed by atoms with Gasteiger partial charge in [0.1, 0.15) is 0 Å². The fraction of sp³-hybridized carbons (Fsp3) is 0.333. The Hall–Kier alpha value is -2.28. The van der Waals surface area contributed by atoms with Crippen LogP contribution in [0.1, 0.15) is 25.0 Å². The first-order chi connectivity index (χ1) is 10.3. The highest BCUT2D eigenvalue weighted by atomic mass is 19.2. The lowest BCUT2D eigenvalue weighted by Gasteiger charge is -2.20. The van der Waals surface area contributed by atoms with Crippen LogP contribution in [0.4, 0.5) is 8.78 Å². The molecule has 0 aromatic heterocycles. The van der Waals surface area contributed by atoms with Crippen molar-refractivity contribution >= 4 is 11.8 Å². The number of halogens is 2. The number of benzene rings is 1. The third-order valence-corrected chi connectivity index (χ3v) is 2.98. The van der Waals surface area contributed by atoms with Gasteiger partial charge < -0.3 is 15.7 Å². The van der Waals surface area contributed by atoms with Crippen molar-refractivity contribution in [1.82, 2.24) is 10.6 Å². The highest BCUT2D eigenvalue weighted by Crippen LogP contribution is 2.19. The van der Waals surface area contributed by atoms with E-state index in [1.54, 1.807) is 0 Å². The molecule has 5 nitrogen and oxygen atoms in total. The lowest BCUT2D eigenvalue weighted by Crippen LogP contribution is -2.38. The maximum atomic E-state index is 13.1. The average Bonchev–Trinajstić information content (AvgIpc) is 2.48. The molecule has 0 bridgehead atoms. The summed E-state index contributed by atoms with van der Waals surface area (Å²) in [5, 5.41) is 15.0. The van der Waals surface area contributed by atoms with Crippen molar-refractivity contribution in [2.75, 3.05) is 6.54 Å². The van der Waals surface area contributed by atoms with Gasteiger partial charge in [-0.3, -0.25) is 9.59 Å². The highest BCUT2D eigenvalue weighted by Gasteiger charge is 2.19. The summed E-state index contributed by atoms with van der Waals surface area (Å²) in [6.07, 6.45) is -0.0660. The third kappa shape index (κ3) is 5.25. The summed E-state index contributed by atoms with van der Waals surface area (Å²) in [5.74, 6) is -2.85. The largest absolute Gasteiger partial charge is 0.386 e. The van der Waals surface area contributed by atoms with Crippen molar-refractivity contribution in [2.45, 2.75) is 25.5 Å². The minimum atomic E-state index is -1.18. The van der Waals surface area contributed by atoms with Gasteiger partial charge in [0.2, 0.25) is 11.8 Å². The van der Waals surface area contributed by atoms with Crippen LogP contribution in [-0.2, 0) is 9.59 Å². The van der Waals surface area contributed by atoms with Crippen molar-refractivity contribution in [3.63, 3.8) is 0 Å². The van der Waals surface area contributed by atoms with Crippen molar-refractivity contribution < 1.29 is 23.5 Å². The van der Waals surface area contributed by atoms with E-state index in [1.165, 1.54) is 13.0 Å². The van der Waals surface area contributed by atoms with Gasteiger partial charge in [-0.2, -0.15) is 0 Å². The van der Waals surface area contributed by atoms with Gasteiger partial charge in [0, 0.05) is 13.0 Å². The molecule has 22 heavy (non-hydrogen) atoms. The van der Waals surface area contributed by atoms with Crippen LogP contribution in [0.25, 0.3) is 0 Å². The quantitative estimate of drug-likeness (QED) is 0.662. The summed E-state index contributed by atoms with van der Waals surface area (Å²) in [7, 11) is 0. The topological polar surface area (TPSA) is 78.4 Å². The van der Waals surface area contributed by atoms with E-state index in [0.29, 0.717) is 0 Å². The molecule has 0 heterocycles. The van der Waals surface area contributed by atoms with Crippen LogP contribution in [-0.4, -0.2) is 29.5 Å². The van der Waals surface area contributed by atoms with Gasteiger partial charge in [-0.15, -0.1) is 0 Å². The Bertz CT molecular complexity index is 564. The van der Waals surface area contributed by atoms with Gasteiger partial charge in [-0.1, -0.05) is 12.6 Å². The molecular weight excluding hydrogens is 294 g/mol. The predicted molar refractivity (Wildman–Crippen MR) is 76.7 cm³/mol. The summed E-state index contributed by atoms with van der Waals surface area (Å²) in [4.78, 5) is 22.5. The minimum Gasteiger partial charge on any atom is -0.386 e. The molecule has 1 aromatic rings. The third-order valence-electron chi connectivity index (χ3n) is 2.98. The van der Waals surface area contributed by atoms with Crippen molar-refractivity contribution in [3.05, 3.63) is 48.1 Å². The molecule has 1 rings (SSSR count). The minimum absolute atomic E-state index is 0.0222. The average molecular weight is 312 g/mol. The van der Waals surface area contributed by atoms with Crippen LogP contribution in [0.2, 0.25) is 0 Å². The number of aliphatic hydroxyl groups is 1. The maximum Gasteiger partial charge on any atom is 0.243 e. The molecule has 2 atom stereocenters. The summed E-state index contributed by atoms with van der Waals surface area (Å²) in [6.45, 7) is 4.94. The standard InChI is InChI=1S/C15H18F2N2O3/c1-3-13(20)18-7-6-14(21)19-9(2)15(22)10-4-5-11(16)12(17)8-10/h3-5,8-9,15,22H,1,6-7H2,2H3,(H,18,20)(H,19,21). The van der Waals surface area contributed by atoms with Gasteiger partial charge in [-0.25, -0.2) is 8.78 Å². The van der Waals surface area contributed by atoms with Crippen molar-refractivity contribution in [3.8, 4) is 0 Å². The van der Waals surface area contributed by atoms with Crippen molar-refractivity contribution in [2.24, 2.45) is 0 Å². The van der Waals surface area contributed by atoms with E-state index in [1.807, 2.05) is 0 Å². The Labute approximate surface area is 127 Å². The monoisotopic (exact) mass is 312 g/mol. The predicted octanol–water partition coefficient (Wildman–Crippen LogP) is 1.20. The van der Waals surface area contributed by atoms with Crippen LogP contribution in [0.3, 0.4) is 0 Å². The number of hydrogen-bond donors (Lipinski definition) is 3. The summed E-state index contributed by atoms with van der Waals surface area (Å²) in [5.41, 5.74) is 0.159. The number of nitrogens with one attached hydrogen (secondary N) is 2. The Morgan fingerprint density at radius 1 is 1.36 bits per heavy atom.